The van der Waals surface area contributed by atoms with Crippen LogP contribution < -0.4 is 16.6 Å². The van der Waals surface area contributed by atoms with Crippen molar-refractivity contribution in [3.8, 4) is 0 Å². The summed E-state index contributed by atoms with van der Waals surface area (Å²) < 4.78 is 0. The third-order valence-electron chi connectivity index (χ3n) is 1.73. The van der Waals surface area contributed by atoms with Gasteiger partial charge in [0, 0.05) is 0 Å². The van der Waals surface area contributed by atoms with Gasteiger partial charge in [-0.1, -0.05) is 18.2 Å². The first-order chi connectivity index (χ1) is 8.59. The standard InChI is InChI=1S/C10H11N5O2S/c11-10(18)14-13-7-9(15(16)17)6-12-8-4-2-1-3-5-8/h1-7,13H,(H3,11,14,18). The van der Waals surface area contributed by atoms with E-state index in [0.717, 1.165) is 12.4 Å². The molecule has 1 aromatic carbocycles. The molecule has 0 bridgehead atoms. The first-order valence-electron chi connectivity index (χ1n) is 4.84. The molecule has 0 aromatic heterocycles. The summed E-state index contributed by atoms with van der Waals surface area (Å²) in [5, 5.41) is 10.7. The first kappa shape index (κ1) is 13.6. The largest absolute Gasteiger partial charge is 0.375 e. The van der Waals surface area contributed by atoms with Crippen LogP contribution in [0.2, 0.25) is 0 Å². The van der Waals surface area contributed by atoms with Gasteiger partial charge >= 0.3 is 5.70 Å². The number of nitrogens with two attached hydrogens (primary N) is 1. The molecular formula is C10H11N5O2S. The Morgan fingerprint density at radius 1 is 1.44 bits per heavy atom. The fraction of sp³-hybridized carbons (Fsp3) is 0. The molecule has 0 aliphatic rings. The Hall–Kier alpha value is -2.48. The van der Waals surface area contributed by atoms with Crippen LogP contribution in [-0.4, -0.2) is 16.3 Å². The van der Waals surface area contributed by atoms with Gasteiger partial charge < -0.3 is 5.73 Å². The zero-order chi connectivity index (χ0) is 13.4. The highest BCUT2D eigenvalue weighted by atomic mass is 32.1. The summed E-state index contributed by atoms with van der Waals surface area (Å²) in [5.74, 6) is 0. The molecule has 0 unspecified atom stereocenters. The van der Waals surface area contributed by atoms with Crippen molar-refractivity contribution in [2.45, 2.75) is 0 Å². The summed E-state index contributed by atoms with van der Waals surface area (Å²) in [7, 11) is 0. The van der Waals surface area contributed by atoms with Crippen molar-refractivity contribution >= 4 is 29.2 Å². The topological polar surface area (TPSA) is 106 Å². The number of nitrogens with one attached hydrogen (secondary N) is 2. The van der Waals surface area contributed by atoms with Crippen LogP contribution >= 0.6 is 12.2 Å². The molecule has 0 saturated heterocycles. The predicted octanol–water partition coefficient (Wildman–Crippen LogP) is 0.845. The second-order valence-corrected chi connectivity index (χ2v) is 3.49. The number of thiocarbonyl (C=S) groups is 1. The lowest BCUT2D eigenvalue weighted by Crippen LogP contribution is -2.38. The third-order valence-corrected chi connectivity index (χ3v) is 1.83. The molecule has 0 radical (unpaired) electrons. The van der Waals surface area contributed by atoms with Gasteiger partial charge in [0.05, 0.1) is 16.8 Å². The van der Waals surface area contributed by atoms with Crippen LogP contribution in [0.5, 0.6) is 0 Å². The Morgan fingerprint density at radius 2 is 2.11 bits per heavy atom. The van der Waals surface area contributed by atoms with Gasteiger partial charge in [-0.3, -0.25) is 21.0 Å². The quantitative estimate of drug-likeness (QED) is 0.315. The SMILES string of the molecule is NC(=S)NNC=C(C=Nc1ccccc1)[N+](=O)[O-]. The van der Waals surface area contributed by atoms with E-state index >= 15 is 0 Å². The number of nitro groups is 1. The van der Waals surface area contributed by atoms with Gasteiger partial charge in [-0.15, -0.1) is 0 Å². The molecule has 8 heteroatoms. The van der Waals surface area contributed by atoms with Crippen molar-refractivity contribution in [2.24, 2.45) is 10.7 Å². The van der Waals surface area contributed by atoms with Crippen molar-refractivity contribution in [3.63, 3.8) is 0 Å². The average Bonchev–Trinajstić information content (AvgIpc) is 2.34. The lowest BCUT2D eigenvalue weighted by atomic mass is 10.3. The Kier molecular flexibility index (Phi) is 5.26. The first-order valence-corrected chi connectivity index (χ1v) is 5.25. The zero-order valence-corrected chi connectivity index (χ0v) is 10.1. The van der Waals surface area contributed by atoms with Crippen LogP contribution in [0, 0.1) is 10.1 Å². The summed E-state index contributed by atoms with van der Waals surface area (Å²) in [5.41, 5.74) is 10.3. The average molecular weight is 265 g/mol. The van der Waals surface area contributed by atoms with Crippen LogP contribution in [0.3, 0.4) is 0 Å². The summed E-state index contributed by atoms with van der Waals surface area (Å²) in [4.78, 5) is 14.1. The molecule has 1 rings (SSSR count). The van der Waals surface area contributed by atoms with Gasteiger partial charge in [0.25, 0.3) is 0 Å². The lowest BCUT2D eigenvalue weighted by molar-refractivity contribution is -0.414. The molecule has 18 heavy (non-hydrogen) atoms. The Morgan fingerprint density at radius 3 is 2.67 bits per heavy atom. The Bertz CT molecular complexity index is 486. The van der Waals surface area contributed by atoms with E-state index in [2.05, 4.69) is 28.1 Å². The number of nitrogens with zero attached hydrogens (tertiary/aromatic N) is 2. The van der Waals surface area contributed by atoms with Gasteiger partial charge in [-0.05, 0) is 24.4 Å². The molecule has 0 aliphatic heterocycles. The number of allylic oxidation sites excluding steroid dienone is 1. The molecule has 0 aliphatic carbocycles. The Labute approximate surface area is 109 Å². The maximum absolute atomic E-state index is 10.7. The molecule has 0 heterocycles. The van der Waals surface area contributed by atoms with Crippen LogP contribution in [0.25, 0.3) is 0 Å². The number of hydrazine groups is 1. The van der Waals surface area contributed by atoms with Crippen molar-refractivity contribution in [3.05, 3.63) is 52.3 Å². The van der Waals surface area contributed by atoms with E-state index in [1.165, 1.54) is 0 Å². The van der Waals surface area contributed by atoms with Crippen molar-refractivity contribution in [1.29, 1.82) is 0 Å². The van der Waals surface area contributed by atoms with Crippen LogP contribution in [-0.2, 0) is 0 Å². The highest BCUT2D eigenvalue weighted by Crippen LogP contribution is 2.09. The number of aliphatic imine (C=N–C) groups is 1. The van der Waals surface area contributed by atoms with Crippen LogP contribution in [0.15, 0.2) is 47.2 Å². The maximum Gasteiger partial charge on any atom is 0.304 e. The summed E-state index contributed by atoms with van der Waals surface area (Å²) in [6.07, 6.45) is 2.23. The highest BCUT2D eigenvalue weighted by molar-refractivity contribution is 7.80. The number of para-hydroxylation sites is 1. The van der Waals surface area contributed by atoms with E-state index in [4.69, 9.17) is 5.73 Å². The fourth-order valence-corrected chi connectivity index (χ4v) is 1.03. The highest BCUT2D eigenvalue weighted by Gasteiger charge is 2.06. The van der Waals surface area contributed by atoms with E-state index in [9.17, 15) is 10.1 Å². The second-order valence-electron chi connectivity index (χ2n) is 3.05. The summed E-state index contributed by atoms with van der Waals surface area (Å²) >= 11 is 4.53. The van der Waals surface area contributed by atoms with Gasteiger partial charge in [-0.2, -0.15) is 0 Å². The molecule has 0 fully saturated rings. The number of hydrogen-bond acceptors (Lipinski definition) is 5. The normalized spacial score (nSPS) is 11.2. The summed E-state index contributed by atoms with van der Waals surface area (Å²) in [6, 6.07) is 8.87. The fourth-order valence-electron chi connectivity index (χ4n) is 0.973. The van der Waals surface area contributed by atoms with E-state index in [-0.39, 0.29) is 10.8 Å². The molecule has 0 spiro atoms. The Balaban J connectivity index is 2.72. The predicted molar refractivity (Wildman–Crippen MR) is 72.7 cm³/mol. The van der Waals surface area contributed by atoms with E-state index in [1.54, 1.807) is 24.3 Å². The second kappa shape index (κ2) is 6.97. The maximum atomic E-state index is 10.7. The number of hydrogen-bond donors (Lipinski definition) is 3. The van der Waals surface area contributed by atoms with Gasteiger partial charge in [0.1, 0.15) is 6.21 Å². The minimum Gasteiger partial charge on any atom is -0.375 e. The molecule has 0 saturated carbocycles. The monoisotopic (exact) mass is 265 g/mol. The van der Waals surface area contributed by atoms with E-state index in [1.807, 2.05) is 6.07 Å². The smallest absolute Gasteiger partial charge is 0.304 e. The van der Waals surface area contributed by atoms with Crippen molar-refractivity contribution < 1.29 is 4.92 Å². The van der Waals surface area contributed by atoms with Gasteiger partial charge in [0.2, 0.25) is 0 Å². The minimum atomic E-state index is -0.583. The van der Waals surface area contributed by atoms with Gasteiger partial charge in [0.15, 0.2) is 5.11 Å². The minimum absolute atomic E-state index is 0.0195. The lowest BCUT2D eigenvalue weighted by Gasteiger charge is -2.00. The molecule has 4 N–H and O–H groups in total. The molecule has 1 aromatic rings. The summed E-state index contributed by atoms with van der Waals surface area (Å²) in [6.45, 7) is 0. The molecular weight excluding hydrogens is 254 g/mol. The van der Waals surface area contributed by atoms with Crippen LogP contribution in [0.1, 0.15) is 0 Å². The number of benzene rings is 1. The van der Waals surface area contributed by atoms with Crippen molar-refractivity contribution in [1.82, 2.24) is 10.9 Å². The van der Waals surface area contributed by atoms with Crippen LogP contribution in [0.4, 0.5) is 5.69 Å². The number of rotatable bonds is 5. The third kappa shape index (κ3) is 5.03. The molecule has 0 amide bonds. The molecule has 0 atom stereocenters. The van der Waals surface area contributed by atoms with E-state index < -0.39 is 4.92 Å². The molecule has 94 valence electrons. The zero-order valence-electron chi connectivity index (χ0n) is 9.24. The van der Waals surface area contributed by atoms with Crippen molar-refractivity contribution in [2.75, 3.05) is 0 Å². The molecule has 7 nitrogen and oxygen atoms in total. The van der Waals surface area contributed by atoms with E-state index in [0.29, 0.717) is 5.69 Å². The van der Waals surface area contributed by atoms with Gasteiger partial charge in [-0.25, -0.2) is 4.99 Å².